The van der Waals surface area contributed by atoms with E-state index in [0.29, 0.717) is 22.8 Å². The molecule has 260 valence electrons. The predicted molar refractivity (Wildman–Crippen MR) is 229 cm³/mol. The Hall–Kier alpha value is -7.81. The maximum Gasteiger partial charge on any atom is 0.160 e. The lowest BCUT2D eigenvalue weighted by atomic mass is 9.95. The van der Waals surface area contributed by atoms with Gasteiger partial charge in [0.1, 0.15) is 11.6 Å². The van der Waals surface area contributed by atoms with Gasteiger partial charge in [-0.05, 0) is 65.4 Å². The third-order valence-corrected chi connectivity index (χ3v) is 10.9. The molecule has 0 bridgehead atoms. The van der Waals surface area contributed by atoms with Gasteiger partial charge in [0.2, 0.25) is 0 Å². The number of rotatable bonds is 5. The van der Waals surface area contributed by atoms with E-state index in [0.717, 1.165) is 71.7 Å². The summed E-state index contributed by atoms with van der Waals surface area (Å²) in [7, 11) is 0. The molecule has 0 fully saturated rings. The van der Waals surface area contributed by atoms with Gasteiger partial charge in [0.25, 0.3) is 0 Å². The minimum absolute atomic E-state index is 0.438. The largest absolute Gasteiger partial charge is 0.309 e. The van der Waals surface area contributed by atoms with E-state index in [2.05, 4.69) is 155 Å². The summed E-state index contributed by atoms with van der Waals surface area (Å²) >= 11 is 0. The Labute approximate surface area is 322 Å². The van der Waals surface area contributed by atoms with E-state index in [1.807, 2.05) is 48.5 Å². The summed E-state index contributed by atoms with van der Waals surface area (Å²) in [5.74, 6) is 0.568. The molecule has 8 aromatic carbocycles. The monoisotopic (exact) mass is 713 g/mol. The van der Waals surface area contributed by atoms with Gasteiger partial charge >= 0.3 is 0 Å². The first kappa shape index (κ1) is 31.7. The van der Waals surface area contributed by atoms with E-state index in [1.54, 1.807) is 0 Å². The van der Waals surface area contributed by atoms with Gasteiger partial charge in [-0.15, -0.1) is 0 Å². The number of fused-ring (bicyclic) bond motifs is 7. The number of para-hydroxylation sites is 3. The fourth-order valence-corrected chi connectivity index (χ4v) is 8.46. The van der Waals surface area contributed by atoms with Gasteiger partial charge in [-0.3, -0.25) is 0 Å². The summed E-state index contributed by atoms with van der Waals surface area (Å²) in [5.41, 5.74) is 10.8. The highest BCUT2D eigenvalue weighted by Crippen LogP contribution is 2.44. The smallest absolute Gasteiger partial charge is 0.160 e. The van der Waals surface area contributed by atoms with Crippen molar-refractivity contribution in [1.29, 1.82) is 5.26 Å². The molecule has 0 radical (unpaired) electrons. The second kappa shape index (κ2) is 12.7. The Kier molecular flexibility index (Phi) is 7.16. The van der Waals surface area contributed by atoms with Crippen molar-refractivity contribution in [2.24, 2.45) is 0 Å². The molecule has 0 saturated carbocycles. The van der Waals surface area contributed by atoms with Crippen LogP contribution in [-0.4, -0.2) is 19.1 Å². The molecule has 0 N–H and O–H groups in total. The number of hydrogen-bond acceptors (Lipinski definition) is 3. The van der Waals surface area contributed by atoms with Crippen LogP contribution in [-0.2, 0) is 0 Å². The van der Waals surface area contributed by atoms with E-state index >= 15 is 0 Å². The standard InChI is InChI=1S/C51H31N5/c52-32-43-49(36-28-27-33-15-10-11-18-35(33)29-36)53-51(34-16-4-1-5-17-34)54-50(43)40-24-14-26-45-48(40)42-31-46-41(30-47(42)56(45)38-21-8-3-9-22-38)39-23-12-13-25-44(39)55(46)37-19-6-2-7-20-37/h1-31H. The topological polar surface area (TPSA) is 59.4 Å². The number of aromatic nitrogens is 4. The van der Waals surface area contributed by atoms with Gasteiger partial charge in [-0.2, -0.15) is 5.26 Å². The summed E-state index contributed by atoms with van der Waals surface area (Å²) in [6.45, 7) is 0. The first-order valence-electron chi connectivity index (χ1n) is 18.7. The molecule has 0 amide bonds. The van der Waals surface area contributed by atoms with Gasteiger partial charge in [0.15, 0.2) is 5.82 Å². The molecule has 56 heavy (non-hydrogen) atoms. The molecule has 11 aromatic rings. The van der Waals surface area contributed by atoms with Crippen LogP contribution < -0.4 is 0 Å². The molecule has 5 heteroatoms. The first-order valence-corrected chi connectivity index (χ1v) is 18.7. The fraction of sp³-hybridized carbons (Fsp3) is 0. The number of hydrogen-bond donors (Lipinski definition) is 0. The molecule has 0 aliphatic rings. The Bertz CT molecular complexity index is 3350. The average molecular weight is 714 g/mol. The molecule has 3 aromatic heterocycles. The molecule has 3 heterocycles. The molecule has 0 atom stereocenters. The van der Waals surface area contributed by atoms with Gasteiger partial charge < -0.3 is 9.13 Å². The highest BCUT2D eigenvalue weighted by Gasteiger charge is 2.24. The molecule has 0 aliphatic heterocycles. The molecular formula is C51H31N5. The second-order valence-corrected chi connectivity index (χ2v) is 14.1. The summed E-state index contributed by atoms with van der Waals surface area (Å²) < 4.78 is 4.70. The van der Waals surface area contributed by atoms with E-state index < -0.39 is 0 Å². The fourth-order valence-electron chi connectivity index (χ4n) is 8.46. The van der Waals surface area contributed by atoms with Crippen molar-refractivity contribution in [2.75, 3.05) is 0 Å². The van der Waals surface area contributed by atoms with Crippen LogP contribution in [0.3, 0.4) is 0 Å². The van der Waals surface area contributed by atoms with Crippen molar-refractivity contribution < 1.29 is 0 Å². The second-order valence-electron chi connectivity index (χ2n) is 14.1. The van der Waals surface area contributed by atoms with Crippen molar-refractivity contribution in [3.63, 3.8) is 0 Å². The van der Waals surface area contributed by atoms with Crippen LogP contribution in [0, 0.1) is 11.3 Å². The summed E-state index contributed by atoms with van der Waals surface area (Å²) in [6.07, 6.45) is 0. The Morgan fingerprint density at radius 1 is 0.411 bits per heavy atom. The maximum atomic E-state index is 11.1. The Morgan fingerprint density at radius 2 is 1.00 bits per heavy atom. The maximum absolute atomic E-state index is 11.1. The van der Waals surface area contributed by atoms with Crippen molar-refractivity contribution in [1.82, 2.24) is 19.1 Å². The predicted octanol–water partition coefficient (Wildman–Crippen LogP) is 12.7. The molecule has 5 nitrogen and oxygen atoms in total. The molecule has 0 unspecified atom stereocenters. The molecule has 0 aliphatic carbocycles. The highest BCUT2D eigenvalue weighted by molar-refractivity contribution is 6.22. The molecular weight excluding hydrogens is 683 g/mol. The molecule has 0 saturated heterocycles. The van der Waals surface area contributed by atoms with Gasteiger partial charge in [0, 0.05) is 49.6 Å². The van der Waals surface area contributed by atoms with E-state index in [9.17, 15) is 5.26 Å². The zero-order valence-electron chi connectivity index (χ0n) is 30.1. The lowest BCUT2D eigenvalue weighted by molar-refractivity contribution is 1.17. The van der Waals surface area contributed by atoms with Crippen molar-refractivity contribution >= 4 is 54.4 Å². The van der Waals surface area contributed by atoms with Crippen molar-refractivity contribution in [3.8, 4) is 51.3 Å². The van der Waals surface area contributed by atoms with E-state index in [4.69, 9.17) is 9.97 Å². The summed E-state index contributed by atoms with van der Waals surface area (Å²) in [5, 5.41) is 17.8. The van der Waals surface area contributed by atoms with E-state index in [1.165, 1.54) is 10.8 Å². The van der Waals surface area contributed by atoms with Crippen LogP contribution in [0.5, 0.6) is 0 Å². The van der Waals surface area contributed by atoms with Crippen LogP contribution in [0.4, 0.5) is 0 Å². The SMILES string of the molecule is N#Cc1c(-c2ccc3ccccc3c2)nc(-c2ccccc2)nc1-c1cccc2c1c1cc3c(cc1n2-c1ccccc1)c1ccccc1n3-c1ccccc1. The first-order chi connectivity index (χ1) is 27.7. The zero-order valence-corrected chi connectivity index (χ0v) is 30.1. The van der Waals surface area contributed by atoms with Gasteiger partial charge in [-0.1, -0.05) is 133 Å². The number of nitriles is 1. The highest BCUT2D eigenvalue weighted by atomic mass is 15.0. The quantitative estimate of drug-likeness (QED) is 0.178. The van der Waals surface area contributed by atoms with Crippen molar-refractivity contribution in [3.05, 3.63) is 194 Å². The summed E-state index contributed by atoms with van der Waals surface area (Å²) in [4.78, 5) is 10.4. The Morgan fingerprint density at radius 3 is 1.75 bits per heavy atom. The lowest BCUT2D eigenvalue weighted by Crippen LogP contribution is -2.01. The number of benzene rings is 8. The Balaban J connectivity index is 1.29. The zero-order chi connectivity index (χ0) is 37.2. The van der Waals surface area contributed by atoms with Crippen LogP contribution in [0.15, 0.2) is 188 Å². The minimum atomic E-state index is 0.438. The third kappa shape index (κ3) is 4.87. The van der Waals surface area contributed by atoms with Gasteiger partial charge in [-0.25, -0.2) is 9.97 Å². The normalized spacial score (nSPS) is 11.6. The summed E-state index contributed by atoms with van der Waals surface area (Å²) in [6, 6.07) is 67.9. The average Bonchev–Trinajstić information content (AvgIpc) is 3.77. The van der Waals surface area contributed by atoms with E-state index in [-0.39, 0.29) is 0 Å². The molecule has 11 rings (SSSR count). The third-order valence-electron chi connectivity index (χ3n) is 10.9. The van der Waals surface area contributed by atoms with Crippen LogP contribution in [0.25, 0.3) is 99.7 Å². The van der Waals surface area contributed by atoms with Crippen LogP contribution in [0.1, 0.15) is 5.56 Å². The lowest BCUT2D eigenvalue weighted by Gasteiger charge is -2.14. The van der Waals surface area contributed by atoms with Gasteiger partial charge in [0.05, 0.1) is 33.5 Å². The van der Waals surface area contributed by atoms with Crippen LogP contribution in [0.2, 0.25) is 0 Å². The minimum Gasteiger partial charge on any atom is -0.309 e. The molecule has 0 spiro atoms. The van der Waals surface area contributed by atoms with Crippen LogP contribution >= 0.6 is 0 Å². The number of nitrogens with zero attached hydrogens (tertiary/aromatic N) is 5. The van der Waals surface area contributed by atoms with Crippen molar-refractivity contribution in [2.45, 2.75) is 0 Å².